The Morgan fingerprint density at radius 1 is 1.32 bits per heavy atom. The molecule has 1 fully saturated rings. The van der Waals surface area contributed by atoms with E-state index in [-0.39, 0.29) is 24.8 Å². The van der Waals surface area contributed by atoms with Crippen molar-refractivity contribution >= 4 is 5.91 Å². The third kappa shape index (κ3) is 4.13. The van der Waals surface area contributed by atoms with Crippen molar-refractivity contribution in [2.45, 2.75) is 37.4 Å². The molecule has 2 rings (SSSR count). The molecule has 1 aromatic rings. The first-order valence-electron chi connectivity index (χ1n) is 7.18. The zero-order valence-corrected chi connectivity index (χ0v) is 12.1. The third-order valence-electron chi connectivity index (χ3n) is 3.77. The van der Waals surface area contributed by atoms with Crippen molar-refractivity contribution in [2.75, 3.05) is 13.2 Å². The summed E-state index contributed by atoms with van der Waals surface area (Å²) in [5.74, 6) is -0.106. The maximum absolute atomic E-state index is 12.6. The van der Waals surface area contributed by atoms with Crippen molar-refractivity contribution in [3.05, 3.63) is 29.8 Å². The fourth-order valence-corrected chi connectivity index (χ4v) is 2.50. The summed E-state index contributed by atoms with van der Waals surface area (Å²) < 4.78 is 42.9. The number of alkyl halides is 3. The van der Waals surface area contributed by atoms with Gasteiger partial charge in [-0.05, 0) is 31.0 Å². The number of rotatable bonds is 5. The van der Waals surface area contributed by atoms with Crippen LogP contribution < -0.4 is 15.8 Å². The summed E-state index contributed by atoms with van der Waals surface area (Å²) in [5, 5.41) is 2.67. The number of ether oxygens (including phenoxy) is 1. The Balaban J connectivity index is 1.78. The van der Waals surface area contributed by atoms with Crippen LogP contribution in [0.5, 0.6) is 5.75 Å². The number of nitrogens with one attached hydrogen (secondary N) is 1. The summed E-state index contributed by atoms with van der Waals surface area (Å²) >= 11 is 0. The molecular weight excluding hydrogens is 297 g/mol. The second-order valence-corrected chi connectivity index (χ2v) is 5.49. The maximum Gasteiger partial charge on any atom is 0.416 e. The van der Waals surface area contributed by atoms with Crippen LogP contribution in [0.4, 0.5) is 13.2 Å². The Morgan fingerprint density at radius 3 is 2.64 bits per heavy atom. The predicted octanol–water partition coefficient (Wildman–Crippen LogP) is 2.47. The summed E-state index contributed by atoms with van der Waals surface area (Å²) in [6, 6.07) is 4.64. The van der Waals surface area contributed by atoms with Crippen LogP contribution in [0.1, 0.15) is 31.2 Å². The van der Waals surface area contributed by atoms with E-state index in [1.165, 1.54) is 12.1 Å². The molecule has 0 radical (unpaired) electrons. The van der Waals surface area contributed by atoms with Gasteiger partial charge < -0.3 is 15.8 Å². The van der Waals surface area contributed by atoms with Crippen LogP contribution in [0, 0.1) is 0 Å². The molecule has 0 heterocycles. The van der Waals surface area contributed by atoms with E-state index in [4.69, 9.17) is 10.5 Å². The van der Waals surface area contributed by atoms with Gasteiger partial charge >= 0.3 is 6.18 Å². The minimum atomic E-state index is -4.40. The van der Waals surface area contributed by atoms with Crippen molar-refractivity contribution < 1.29 is 22.7 Å². The lowest BCUT2D eigenvalue weighted by molar-refractivity contribution is -0.137. The fraction of sp³-hybridized carbons (Fsp3) is 0.533. The summed E-state index contributed by atoms with van der Waals surface area (Å²) in [7, 11) is 0. The number of nitrogens with two attached hydrogens (primary N) is 1. The van der Waals surface area contributed by atoms with Gasteiger partial charge in [0, 0.05) is 0 Å². The molecule has 1 aliphatic rings. The molecule has 122 valence electrons. The van der Waals surface area contributed by atoms with Gasteiger partial charge in [0.15, 0.2) is 0 Å². The van der Waals surface area contributed by atoms with Crippen molar-refractivity contribution in [2.24, 2.45) is 5.73 Å². The van der Waals surface area contributed by atoms with Gasteiger partial charge in [0.05, 0.1) is 17.6 Å². The van der Waals surface area contributed by atoms with Crippen LogP contribution in [0.15, 0.2) is 24.3 Å². The zero-order chi connectivity index (χ0) is 16.2. The molecule has 0 unspecified atom stereocenters. The summed E-state index contributed by atoms with van der Waals surface area (Å²) in [6.45, 7) is 0.289. The molecule has 0 atom stereocenters. The van der Waals surface area contributed by atoms with Crippen molar-refractivity contribution in [1.29, 1.82) is 0 Å². The molecule has 0 saturated heterocycles. The van der Waals surface area contributed by atoms with Gasteiger partial charge in [0.1, 0.15) is 12.4 Å². The third-order valence-corrected chi connectivity index (χ3v) is 3.77. The molecule has 1 amide bonds. The van der Waals surface area contributed by atoms with E-state index < -0.39 is 17.3 Å². The molecule has 3 N–H and O–H groups in total. The molecule has 0 bridgehead atoms. The molecule has 0 aromatic heterocycles. The molecule has 1 aromatic carbocycles. The number of amides is 1. The smallest absolute Gasteiger partial charge is 0.416 e. The minimum absolute atomic E-state index is 0.0864. The van der Waals surface area contributed by atoms with E-state index >= 15 is 0 Å². The highest BCUT2D eigenvalue weighted by Gasteiger charge is 2.36. The van der Waals surface area contributed by atoms with Crippen LogP contribution >= 0.6 is 0 Å². The Morgan fingerprint density at radius 2 is 2.00 bits per heavy atom. The van der Waals surface area contributed by atoms with Gasteiger partial charge in [-0.2, -0.15) is 13.2 Å². The number of benzene rings is 1. The predicted molar refractivity (Wildman–Crippen MR) is 75.3 cm³/mol. The molecule has 22 heavy (non-hydrogen) atoms. The standard InChI is InChI=1S/C15H19F3N2O2/c16-15(17,18)11-4-3-5-12(10-11)22-9-8-20-13(21)14(19)6-1-2-7-14/h3-5,10H,1-2,6-9,19H2,(H,20,21). The average molecular weight is 316 g/mol. The summed E-state index contributed by atoms with van der Waals surface area (Å²) in [4.78, 5) is 11.9. The molecule has 1 saturated carbocycles. The Labute approximate surface area is 126 Å². The van der Waals surface area contributed by atoms with Crippen LogP contribution in [-0.2, 0) is 11.0 Å². The molecule has 7 heteroatoms. The second kappa shape index (κ2) is 6.56. The van der Waals surface area contributed by atoms with E-state index in [0.717, 1.165) is 25.0 Å². The van der Waals surface area contributed by atoms with E-state index in [9.17, 15) is 18.0 Å². The van der Waals surface area contributed by atoms with E-state index in [2.05, 4.69) is 5.32 Å². The Bertz CT molecular complexity index is 526. The largest absolute Gasteiger partial charge is 0.492 e. The van der Waals surface area contributed by atoms with E-state index in [1.807, 2.05) is 0 Å². The Kier molecular flexibility index (Phi) is 4.95. The first-order chi connectivity index (χ1) is 10.3. The average Bonchev–Trinajstić information content (AvgIpc) is 2.91. The fourth-order valence-electron chi connectivity index (χ4n) is 2.50. The van der Waals surface area contributed by atoms with Crippen molar-refractivity contribution in [1.82, 2.24) is 5.32 Å². The van der Waals surface area contributed by atoms with Crippen LogP contribution in [0.25, 0.3) is 0 Å². The number of hydrogen-bond acceptors (Lipinski definition) is 3. The van der Waals surface area contributed by atoms with Crippen LogP contribution in [0.2, 0.25) is 0 Å². The minimum Gasteiger partial charge on any atom is -0.492 e. The maximum atomic E-state index is 12.6. The first kappa shape index (κ1) is 16.6. The number of hydrogen-bond donors (Lipinski definition) is 2. The number of carbonyl (C=O) groups is 1. The Hall–Kier alpha value is -1.76. The van der Waals surface area contributed by atoms with Gasteiger partial charge in [-0.3, -0.25) is 4.79 Å². The SMILES string of the molecule is NC1(C(=O)NCCOc2cccc(C(F)(F)F)c2)CCCC1. The number of carbonyl (C=O) groups excluding carboxylic acids is 1. The highest BCUT2D eigenvalue weighted by molar-refractivity contribution is 5.86. The lowest BCUT2D eigenvalue weighted by atomic mass is 9.98. The van der Waals surface area contributed by atoms with Gasteiger partial charge in [-0.25, -0.2) is 0 Å². The van der Waals surface area contributed by atoms with Gasteiger partial charge in [-0.1, -0.05) is 18.9 Å². The summed E-state index contributed by atoms with van der Waals surface area (Å²) in [6.07, 6.45) is -1.21. The highest BCUT2D eigenvalue weighted by atomic mass is 19.4. The molecular formula is C15H19F3N2O2. The molecule has 0 spiro atoms. The number of halogens is 3. The highest BCUT2D eigenvalue weighted by Crippen LogP contribution is 2.31. The van der Waals surface area contributed by atoms with Gasteiger partial charge in [-0.15, -0.1) is 0 Å². The molecule has 4 nitrogen and oxygen atoms in total. The zero-order valence-electron chi connectivity index (χ0n) is 12.1. The first-order valence-corrected chi connectivity index (χ1v) is 7.18. The molecule has 0 aliphatic heterocycles. The van der Waals surface area contributed by atoms with Crippen LogP contribution in [0.3, 0.4) is 0 Å². The van der Waals surface area contributed by atoms with Crippen molar-refractivity contribution in [3.8, 4) is 5.75 Å². The van der Waals surface area contributed by atoms with Crippen LogP contribution in [-0.4, -0.2) is 24.6 Å². The summed E-state index contributed by atoms with van der Waals surface area (Å²) in [5.41, 5.74) is 4.41. The van der Waals surface area contributed by atoms with E-state index in [1.54, 1.807) is 0 Å². The van der Waals surface area contributed by atoms with Crippen molar-refractivity contribution in [3.63, 3.8) is 0 Å². The normalized spacial score (nSPS) is 17.3. The monoisotopic (exact) mass is 316 g/mol. The topological polar surface area (TPSA) is 64.4 Å². The van der Waals surface area contributed by atoms with E-state index in [0.29, 0.717) is 12.8 Å². The lowest BCUT2D eigenvalue weighted by Crippen LogP contribution is -2.52. The van der Waals surface area contributed by atoms with Gasteiger partial charge in [0.25, 0.3) is 0 Å². The van der Waals surface area contributed by atoms with Gasteiger partial charge in [0.2, 0.25) is 5.91 Å². The quantitative estimate of drug-likeness (QED) is 0.820. The second-order valence-electron chi connectivity index (χ2n) is 5.49. The molecule has 1 aliphatic carbocycles. The lowest BCUT2D eigenvalue weighted by Gasteiger charge is -2.22.